The van der Waals surface area contributed by atoms with E-state index in [1.54, 1.807) is 23.1 Å². The first kappa shape index (κ1) is 12.4. The Labute approximate surface area is 108 Å². The third-order valence-corrected chi connectivity index (χ3v) is 4.79. The Hall–Kier alpha value is -1.01. The van der Waals surface area contributed by atoms with Crippen molar-refractivity contribution < 1.29 is 9.59 Å². The Morgan fingerprint density at radius 1 is 1.65 bits per heavy atom. The van der Waals surface area contributed by atoms with Gasteiger partial charge in [-0.2, -0.15) is 0 Å². The Morgan fingerprint density at radius 2 is 2.47 bits per heavy atom. The number of hydrogen-bond acceptors (Lipinski definition) is 4. The number of nitrogens with zero attached hydrogens (tertiary/aromatic N) is 1. The van der Waals surface area contributed by atoms with Crippen LogP contribution in [-0.2, 0) is 9.59 Å². The first-order chi connectivity index (χ1) is 8.18. The summed E-state index contributed by atoms with van der Waals surface area (Å²) in [5.41, 5.74) is 0. The van der Waals surface area contributed by atoms with Gasteiger partial charge in [0.15, 0.2) is 0 Å². The second-order valence-electron chi connectivity index (χ2n) is 3.75. The van der Waals surface area contributed by atoms with Crippen LogP contribution < -0.4 is 5.32 Å². The first-order valence-electron chi connectivity index (χ1n) is 5.37. The quantitative estimate of drug-likeness (QED) is 0.901. The molecule has 2 rings (SSSR count). The van der Waals surface area contributed by atoms with Gasteiger partial charge in [-0.25, -0.2) is 0 Å². The summed E-state index contributed by atoms with van der Waals surface area (Å²) in [6.07, 6.45) is 0. The van der Waals surface area contributed by atoms with Gasteiger partial charge in [0.05, 0.1) is 5.75 Å². The van der Waals surface area contributed by atoms with Crippen molar-refractivity contribution in [2.45, 2.75) is 12.3 Å². The van der Waals surface area contributed by atoms with Gasteiger partial charge in [0.25, 0.3) is 0 Å². The largest absolute Gasteiger partial charge is 0.355 e. The molecule has 1 N–H and O–H groups in total. The third kappa shape index (κ3) is 3.01. The molecule has 0 aromatic carbocycles. The molecule has 1 aromatic heterocycles. The summed E-state index contributed by atoms with van der Waals surface area (Å²) < 4.78 is 0. The van der Waals surface area contributed by atoms with Crippen LogP contribution in [-0.4, -0.2) is 35.6 Å². The molecular formula is C11H14N2O2S2. The molecule has 0 bridgehead atoms. The molecule has 0 radical (unpaired) electrons. The summed E-state index contributed by atoms with van der Waals surface area (Å²) in [6.45, 7) is 2.58. The fourth-order valence-corrected chi connectivity index (χ4v) is 3.91. The average Bonchev–Trinajstić information content (AvgIpc) is 2.88. The number of amides is 2. The maximum Gasteiger partial charge on any atom is 0.233 e. The average molecular weight is 270 g/mol. The van der Waals surface area contributed by atoms with Crippen LogP contribution in [0.15, 0.2) is 17.5 Å². The van der Waals surface area contributed by atoms with E-state index < -0.39 is 0 Å². The number of thioether (sulfide) groups is 1. The van der Waals surface area contributed by atoms with E-state index in [-0.39, 0.29) is 17.2 Å². The molecule has 1 aliphatic rings. The van der Waals surface area contributed by atoms with E-state index in [0.29, 0.717) is 18.8 Å². The summed E-state index contributed by atoms with van der Waals surface area (Å²) in [4.78, 5) is 25.6. The van der Waals surface area contributed by atoms with Crippen molar-refractivity contribution in [3.05, 3.63) is 22.4 Å². The second kappa shape index (κ2) is 5.55. The van der Waals surface area contributed by atoms with E-state index in [2.05, 4.69) is 5.32 Å². The highest BCUT2D eigenvalue weighted by atomic mass is 32.2. The molecule has 1 atom stereocenters. The van der Waals surface area contributed by atoms with Crippen molar-refractivity contribution in [3.63, 3.8) is 0 Å². The Bertz CT molecular complexity index is 406. The summed E-state index contributed by atoms with van der Waals surface area (Å²) in [7, 11) is 0. The van der Waals surface area contributed by atoms with Crippen molar-refractivity contribution in [1.82, 2.24) is 10.2 Å². The maximum atomic E-state index is 11.8. The fourth-order valence-electron chi connectivity index (χ4n) is 1.72. The lowest BCUT2D eigenvalue weighted by atomic mass is 10.4. The summed E-state index contributed by atoms with van der Waals surface area (Å²) in [5, 5.41) is 4.86. The highest BCUT2D eigenvalue weighted by Crippen LogP contribution is 2.40. The SMILES string of the molecule is CC(=O)NCCN1C(=O)CSC1c1cccs1. The molecule has 1 aliphatic heterocycles. The molecule has 1 saturated heterocycles. The Kier molecular flexibility index (Phi) is 4.06. The van der Waals surface area contributed by atoms with Crippen molar-refractivity contribution >= 4 is 34.9 Å². The highest BCUT2D eigenvalue weighted by Gasteiger charge is 2.32. The van der Waals surface area contributed by atoms with Gasteiger partial charge in [0.1, 0.15) is 5.37 Å². The lowest BCUT2D eigenvalue weighted by Crippen LogP contribution is -2.36. The van der Waals surface area contributed by atoms with Gasteiger partial charge in [0.2, 0.25) is 11.8 Å². The molecule has 1 aromatic rings. The molecule has 2 amide bonds. The zero-order valence-corrected chi connectivity index (χ0v) is 11.1. The van der Waals surface area contributed by atoms with Crippen LogP contribution in [0, 0.1) is 0 Å². The van der Waals surface area contributed by atoms with Crippen LogP contribution in [0.3, 0.4) is 0 Å². The van der Waals surface area contributed by atoms with Crippen LogP contribution in [0.4, 0.5) is 0 Å². The minimum atomic E-state index is -0.0584. The second-order valence-corrected chi connectivity index (χ2v) is 5.80. The fraction of sp³-hybridized carbons (Fsp3) is 0.455. The number of nitrogens with one attached hydrogen (secondary N) is 1. The molecule has 17 heavy (non-hydrogen) atoms. The number of carbonyl (C=O) groups is 2. The van der Waals surface area contributed by atoms with Gasteiger partial charge in [-0.05, 0) is 11.4 Å². The van der Waals surface area contributed by atoms with Gasteiger partial charge in [-0.15, -0.1) is 23.1 Å². The lowest BCUT2D eigenvalue weighted by molar-refractivity contribution is -0.128. The van der Waals surface area contributed by atoms with E-state index in [1.165, 1.54) is 11.8 Å². The predicted octanol–water partition coefficient (Wildman–Crippen LogP) is 1.46. The van der Waals surface area contributed by atoms with Gasteiger partial charge >= 0.3 is 0 Å². The number of carbonyl (C=O) groups excluding carboxylic acids is 2. The predicted molar refractivity (Wildman–Crippen MR) is 69.9 cm³/mol. The Balaban J connectivity index is 1.97. The number of thiophene rings is 1. The normalized spacial score (nSPS) is 19.7. The lowest BCUT2D eigenvalue weighted by Gasteiger charge is -2.22. The van der Waals surface area contributed by atoms with E-state index >= 15 is 0 Å². The summed E-state index contributed by atoms with van der Waals surface area (Å²) in [6, 6.07) is 4.04. The zero-order valence-electron chi connectivity index (χ0n) is 9.51. The third-order valence-electron chi connectivity index (χ3n) is 2.48. The first-order valence-corrected chi connectivity index (χ1v) is 7.30. The van der Waals surface area contributed by atoms with Gasteiger partial charge < -0.3 is 10.2 Å². The van der Waals surface area contributed by atoms with Gasteiger partial charge in [-0.3, -0.25) is 9.59 Å². The number of rotatable bonds is 4. The molecule has 0 saturated carbocycles. The van der Waals surface area contributed by atoms with Crippen LogP contribution in [0.1, 0.15) is 17.2 Å². The van der Waals surface area contributed by atoms with E-state index in [0.717, 1.165) is 0 Å². The minimum Gasteiger partial charge on any atom is -0.355 e. The molecule has 4 nitrogen and oxygen atoms in total. The van der Waals surface area contributed by atoms with E-state index in [9.17, 15) is 9.59 Å². The van der Waals surface area contributed by atoms with Crippen molar-refractivity contribution in [2.24, 2.45) is 0 Å². The van der Waals surface area contributed by atoms with Crippen molar-refractivity contribution in [2.75, 3.05) is 18.8 Å². The van der Waals surface area contributed by atoms with Gasteiger partial charge in [0, 0.05) is 24.9 Å². The molecule has 6 heteroatoms. The van der Waals surface area contributed by atoms with E-state index in [4.69, 9.17) is 0 Å². The number of hydrogen-bond donors (Lipinski definition) is 1. The van der Waals surface area contributed by atoms with Crippen molar-refractivity contribution in [1.29, 1.82) is 0 Å². The zero-order chi connectivity index (χ0) is 12.3. The molecule has 1 unspecified atom stereocenters. The van der Waals surface area contributed by atoms with Gasteiger partial charge in [-0.1, -0.05) is 6.07 Å². The summed E-state index contributed by atoms with van der Waals surface area (Å²) in [5.74, 6) is 0.624. The molecule has 2 heterocycles. The van der Waals surface area contributed by atoms with Crippen LogP contribution >= 0.6 is 23.1 Å². The Morgan fingerprint density at radius 3 is 3.12 bits per heavy atom. The molecule has 1 fully saturated rings. The van der Waals surface area contributed by atoms with Crippen LogP contribution in [0.5, 0.6) is 0 Å². The maximum absolute atomic E-state index is 11.8. The highest BCUT2D eigenvalue weighted by molar-refractivity contribution is 8.00. The van der Waals surface area contributed by atoms with Crippen molar-refractivity contribution in [3.8, 4) is 0 Å². The standard InChI is InChI=1S/C11H14N2O2S2/c1-8(14)12-4-5-13-10(15)7-17-11(13)9-3-2-6-16-9/h2-3,6,11H,4-5,7H2,1H3,(H,12,14). The summed E-state index contributed by atoms with van der Waals surface area (Å²) >= 11 is 3.31. The van der Waals surface area contributed by atoms with Crippen LogP contribution in [0.25, 0.3) is 0 Å². The van der Waals surface area contributed by atoms with Crippen LogP contribution in [0.2, 0.25) is 0 Å². The molecular weight excluding hydrogens is 256 g/mol. The molecule has 92 valence electrons. The molecule has 0 aliphatic carbocycles. The minimum absolute atomic E-state index is 0.0584. The molecule has 0 spiro atoms. The monoisotopic (exact) mass is 270 g/mol. The van der Waals surface area contributed by atoms with E-state index in [1.807, 2.05) is 22.4 Å². The smallest absolute Gasteiger partial charge is 0.233 e. The topological polar surface area (TPSA) is 49.4 Å².